The number of aryl methyl sites for hydroxylation is 2. The van der Waals surface area contributed by atoms with Gasteiger partial charge in [-0.15, -0.1) is 0 Å². The number of aromatic nitrogens is 1. The summed E-state index contributed by atoms with van der Waals surface area (Å²) in [6, 6.07) is 4.82. The van der Waals surface area contributed by atoms with Gasteiger partial charge in [0.25, 0.3) is 0 Å². The van der Waals surface area contributed by atoms with E-state index in [0.29, 0.717) is 45.5 Å². The monoisotopic (exact) mass is 752 g/mol. The summed E-state index contributed by atoms with van der Waals surface area (Å²) in [5.41, 5.74) is 7.18. The summed E-state index contributed by atoms with van der Waals surface area (Å²) >= 11 is 0. The lowest BCUT2D eigenvalue weighted by Gasteiger charge is -2.36. The van der Waals surface area contributed by atoms with E-state index in [2.05, 4.69) is 27.3 Å². The minimum atomic E-state index is -1.21. The Balaban J connectivity index is 1.08. The number of carbonyl (C=O) groups is 3. The van der Waals surface area contributed by atoms with E-state index < -0.39 is 35.5 Å². The number of amides is 2. The van der Waals surface area contributed by atoms with Crippen LogP contribution < -0.4 is 36.5 Å². The van der Waals surface area contributed by atoms with Crippen molar-refractivity contribution in [3.63, 3.8) is 0 Å². The molecule has 1 aromatic heterocycles. The molecule has 54 heavy (non-hydrogen) atoms. The van der Waals surface area contributed by atoms with E-state index in [0.717, 1.165) is 78.5 Å². The topological polar surface area (TPSA) is 206 Å². The molecule has 14 heteroatoms. The number of hydrogen-bond donors (Lipinski definition) is 7. The Kier molecular flexibility index (Phi) is 13.9. The average molecular weight is 753 g/mol. The number of benzene rings is 1. The van der Waals surface area contributed by atoms with E-state index in [1.807, 2.05) is 52.0 Å². The van der Waals surface area contributed by atoms with Crippen molar-refractivity contribution in [1.82, 2.24) is 26.3 Å². The number of ether oxygens (including phenoxy) is 3. The van der Waals surface area contributed by atoms with Gasteiger partial charge in [0.15, 0.2) is 0 Å². The zero-order chi connectivity index (χ0) is 38.9. The van der Waals surface area contributed by atoms with Crippen molar-refractivity contribution < 1.29 is 38.8 Å². The second kappa shape index (κ2) is 18.2. The number of nitrogens with one attached hydrogen (secondary N) is 4. The first-order valence-electron chi connectivity index (χ1n) is 19.4. The third-order valence-corrected chi connectivity index (χ3v) is 10.5. The van der Waals surface area contributed by atoms with E-state index in [-0.39, 0.29) is 30.5 Å². The van der Waals surface area contributed by atoms with Crippen LogP contribution in [0.25, 0.3) is 10.9 Å². The fourth-order valence-corrected chi connectivity index (χ4v) is 7.38. The second-order valence-corrected chi connectivity index (χ2v) is 16.3. The summed E-state index contributed by atoms with van der Waals surface area (Å²) in [4.78, 5) is 41.8. The Morgan fingerprint density at radius 3 is 2.76 bits per heavy atom. The maximum absolute atomic E-state index is 13.6. The Morgan fingerprint density at radius 1 is 1.20 bits per heavy atom. The SMILES string of the molecule is Cc1nc2ccc(OCCNCCO)cc2c2c1O[C@@]1(CC2)CN[C@H](C(=O)N[C@]2(C(N)O)C[C@H]2/C=C\CCCCC[C@@H](C=O)NC(=O)OCC(C)(C)C)C1. The van der Waals surface area contributed by atoms with Crippen molar-refractivity contribution in [3.05, 3.63) is 41.6 Å². The van der Waals surface area contributed by atoms with Gasteiger partial charge in [-0.2, -0.15) is 0 Å². The molecule has 0 radical (unpaired) electrons. The molecule has 1 saturated carbocycles. The summed E-state index contributed by atoms with van der Waals surface area (Å²) < 4.78 is 17.9. The molecule has 5 rings (SSSR count). The molecular formula is C40H60N6O8. The van der Waals surface area contributed by atoms with Crippen LogP contribution in [0.1, 0.15) is 83.4 Å². The number of pyridine rings is 1. The minimum absolute atomic E-state index is 0.0787. The molecule has 2 fully saturated rings. The average Bonchev–Trinajstić information content (AvgIpc) is 3.69. The van der Waals surface area contributed by atoms with Crippen LogP contribution in [0.2, 0.25) is 0 Å². The third-order valence-electron chi connectivity index (χ3n) is 10.5. The molecule has 2 amide bonds. The van der Waals surface area contributed by atoms with Gasteiger partial charge >= 0.3 is 6.09 Å². The normalized spacial score (nSPS) is 24.5. The van der Waals surface area contributed by atoms with Crippen molar-refractivity contribution in [2.45, 2.75) is 115 Å². The highest BCUT2D eigenvalue weighted by molar-refractivity contribution is 5.87. The third kappa shape index (κ3) is 10.7. The Bertz CT molecular complexity index is 1650. The van der Waals surface area contributed by atoms with Gasteiger partial charge < -0.3 is 56.2 Å². The Morgan fingerprint density at radius 2 is 2.02 bits per heavy atom. The fourth-order valence-electron chi connectivity index (χ4n) is 7.38. The number of unbranched alkanes of at least 4 members (excludes halogenated alkanes) is 3. The van der Waals surface area contributed by atoms with Crippen molar-refractivity contribution in [3.8, 4) is 11.5 Å². The lowest BCUT2D eigenvalue weighted by atomic mass is 9.87. The van der Waals surface area contributed by atoms with Gasteiger partial charge in [-0.3, -0.25) is 4.79 Å². The second-order valence-electron chi connectivity index (χ2n) is 16.3. The van der Waals surface area contributed by atoms with Crippen LogP contribution >= 0.6 is 0 Å². The minimum Gasteiger partial charge on any atom is -0.492 e. The standard InChI is InChI=1S/C40H60N6O8/c1-26-34-30(31-20-29(12-13-32(31)44-26)52-19-17-42-16-18-47)14-15-39(54-34)22-33(43-24-39)35(49)46-40(36(41)50)21-27(40)10-8-6-5-7-9-11-28(23-48)45-37(51)53-25-38(2,3)4/h8,10,12-13,20,23,27-28,33,36,42-43,47,50H,5-7,9,11,14-19,21-22,24-25,41H2,1-4H3,(H,45,51)(H,46,49)/b10-8-/t27-,28+,33+,36?,39-,40-/m1/s1. The van der Waals surface area contributed by atoms with Gasteiger partial charge in [0.05, 0.1) is 42.0 Å². The fraction of sp³-hybridized carbons (Fsp3) is 0.650. The predicted molar refractivity (Wildman–Crippen MR) is 205 cm³/mol. The van der Waals surface area contributed by atoms with Gasteiger partial charge in [-0.05, 0) is 69.1 Å². The molecule has 6 atom stereocenters. The number of fused-ring (bicyclic) bond motifs is 3. The van der Waals surface area contributed by atoms with E-state index >= 15 is 0 Å². The first kappa shape index (κ1) is 41.3. The number of nitrogens with two attached hydrogens (primary N) is 1. The molecule has 8 N–H and O–H groups in total. The maximum Gasteiger partial charge on any atom is 0.407 e. The molecule has 1 unspecified atom stereocenters. The van der Waals surface area contributed by atoms with Crippen LogP contribution in [0, 0.1) is 18.3 Å². The van der Waals surface area contributed by atoms with E-state index in [1.165, 1.54) is 0 Å². The van der Waals surface area contributed by atoms with Crippen LogP contribution in [0.5, 0.6) is 11.5 Å². The van der Waals surface area contributed by atoms with Crippen molar-refractivity contribution in [1.29, 1.82) is 0 Å². The van der Waals surface area contributed by atoms with Crippen LogP contribution in [0.15, 0.2) is 30.4 Å². The summed E-state index contributed by atoms with van der Waals surface area (Å²) in [5, 5.41) is 32.7. The number of rotatable bonds is 19. The van der Waals surface area contributed by atoms with Gasteiger partial charge in [-0.25, -0.2) is 9.78 Å². The van der Waals surface area contributed by atoms with Crippen molar-refractivity contribution in [2.24, 2.45) is 17.1 Å². The summed E-state index contributed by atoms with van der Waals surface area (Å²) in [6.07, 6.45) is 9.48. The molecule has 14 nitrogen and oxygen atoms in total. The highest BCUT2D eigenvalue weighted by Gasteiger charge is 2.59. The number of aldehydes is 1. The Labute approximate surface area is 318 Å². The smallest absolute Gasteiger partial charge is 0.407 e. The molecule has 1 aromatic carbocycles. The van der Waals surface area contributed by atoms with Gasteiger partial charge in [0, 0.05) is 42.9 Å². The van der Waals surface area contributed by atoms with Crippen LogP contribution in [-0.2, 0) is 20.7 Å². The first-order valence-corrected chi connectivity index (χ1v) is 19.4. The molecular weight excluding hydrogens is 692 g/mol. The molecule has 298 valence electrons. The highest BCUT2D eigenvalue weighted by Crippen LogP contribution is 2.47. The lowest BCUT2D eigenvalue weighted by Crippen LogP contribution is -2.55. The van der Waals surface area contributed by atoms with Gasteiger partial charge in [0.1, 0.15) is 36.2 Å². The van der Waals surface area contributed by atoms with Crippen molar-refractivity contribution in [2.75, 3.05) is 39.5 Å². The van der Waals surface area contributed by atoms with E-state index in [9.17, 15) is 19.5 Å². The molecule has 1 saturated heterocycles. The molecule has 1 aliphatic carbocycles. The number of carbonyl (C=O) groups excluding carboxylic acids is 3. The van der Waals surface area contributed by atoms with Crippen LogP contribution in [-0.4, -0.2) is 102 Å². The number of nitrogens with zero attached hydrogens (tertiary/aromatic N) is 1. The van der Waals surface area contributed by atoms with Crippen molar-refractivity contribution >= 4 is 29.2 Å². The number of allylic oxidation sites excluding steroid dienone is 1. The molecule has 2 aromatic rings. The van der Waals surface area contributed by atoms with E-state index in [1.54, 1.807) is 0 Å². The number of hydrogen-bond acceptors (Lipinski definition) is 12. The Hall–Kier alpha value is -3.82. The quantitative estimate of drug-likeness (QED) is 0.0479. The first-order chi connectivity index (χ1) is 25.8. The highest BCUT2D eigenvalue weighted by atomic mass is 16.5. The molecule has 3 heterocycles. The van der Waals surface area contributed by atoms with Gasteiger partial charge in [0.2, 0.25) is 5.91 Å². The molecule has 1 spiro atoms. The van der Waals surface area contributed by atoms with E-state index in [4.69, 9.17) is 30.0 Å². The molecule has 3 aliphatic rings. The molecule has 2 aliphatic heterocycles. The zero-order valence-corrected chi connectivity index (χ0v) is 32.2. The summed E-state index contributed by atoms with van der Waals surface area (Å²) in [6.45, 7) is 10.3. The number of aliphatic hydroxyl groups is 2. The number of aliphatic hydroxyl groups excluding tert-OH is 2. The lowest BCUT2D eigenvalue weighted by molar-refractivity contribution is -0.125. The summed E-state index contributed by atoms with van der Waals surface area (Å²) in [7, 11) is 0. The number of alkyl carbamates (subject to hydrolysis) is 1. The van der Waals surface area contributed by atoms with Crippen LogP contribution in [0.4, 0.5) is 4.79 Å². The molecule has 0 bridgehead atoms. The zero-order valence-electron chi connectivity index (χ0n) is 32.2. The predicted octanol–water partition coefficient (Wildman–Crippen LogP) is 2.93. The maximum atomic E-state index is 13.6. The van der Waals surface area contributed by atoms with Gasteiger partial charge in [-0.1, -0.05) is 45.8 Å². The summed E-state index contributed by atoms with van der Waals surface area (Å²) in [5.74, 6) is 1.22. The largest absolute Gasteiger partial charge is 0.492 e. The van der Waals surface area contributed by atoms with Crippen LogP contribution in [0.3, 0.4) is 0 Å².